The third-order valence-electron chi connectivity index (χ3n) is 4.69. The number of benzene rings is 1. The minimum Gasteiger partial charge on any atom is -0.491 e. The van der Waals surface area contributed by atoms with Gasteiger partial charge >= 0.3 is 0 Å². The van der Waals surface area contributed by atoms with Crippen molar-refractivity contribution in [1.29, 1.82) is 0 Å². The van der Waals surface area contributed by atoms with Crippen LogP contribution in [0.15, 0.2) is 18.2 Å². The third-order valence-corrected chi connectivity index (χ3v) is 4.69. The van der Waals surface area contributed by atoms with E-state index in [1.807, 2.05) is 12.1 Å². The fourth-order valence-electron chi connectivity index (χ4n) is 3.41. The molecule has 0 bridgehead atoms. The lowest BCUT2D eigenvalue weighted by Gasteiger charge is -2.32. The number of aliphatic hydroxyl groups excluding tert-OH is 1. The lowest BCUT2D eigenvalue weighted by atomic mass is 9.85. The normalized spacial score (nSPS) is 25.0. The van der Waals surface area contributed by atoms with Gasteiger partial charge in [0.05, 0.1) is 11.7 Å². The van der Waals surface area contributed by atoms with Gasteiger partial charge in [0, 0.05) is 0 Å². The number of hydrogen-bond donors (Lipinski definition) is 2. The molecule has 1 saturated carbocycles. The highest BCUT2D eigenvalue weighted by molar-refractivity contribution is 5.38. The zero-order valence-corrected chi connectivity index (χ0v) is 12.0. The molecule has 1 fully saturated rings. The van der Waals surface area contributed by atoms with E-state index in [0.29, 0.717) is 6.61 Å². The van der Waals surface area contributed by atoms with Crippen LogP contribution in [0.2, 0.25) is 0 Å². The van der Waals surface area contributed by atoms with Crippen LogP contribution in [0.5, 0.6) is 5.75 Å². The first kappa shape index (κ1) is 13.9. The molecule has 1 aromatic rings. The van der Waals surface area contributed by atoms with E-state index < -0.39 is 5.60 Å². The van der Waals surface area contributed by atoms with Gasteiger partial charge in [0.15, 0.2) is 0 Å². The summed E-state index contributed by atoms with van der Waals surface area (Å²) in [5, 5.41) is 20.5. The predicted octanol–water partition coefficient (Wildman–Crippen LogP) is 3.13. The Kier molecular flexibility index (Phi) is 3.99. The van der Waals surface area contributed by atoms with Crippen molar-refractivity contribution >= 4 is 0 Å². The Bertz CT molecular complexity index is 463. The number of fused-ring (bicyclic) bond motifs is 1. The summed E-state index contributed by atoms with van der Waals surface area (Å²) in [5.41, 5.74) is 1.57. The summed E-state index contributed by atoms with van der Waals surface area (Å²) in [6, 6.07) is 5.96. The molecule has 1 atom stereocenters. The standard InChI is InChI=1S/C17H24O3/c18-16-6-4-5-13-7-8-14(11-15(13)16)20-12-17(19)9-2-1-3-10-17/h7-8,11,16,18-19H,1-6,9-10,12H2/t16-/m1/s1. The predicted molar refractivity (Wildman–Crippen MR) is 77.9 cm³/mol. The average molecular weight is 276 g/mol. The number of aryl methyl sites for hydroxylation is 1. The maximum absolute atomic E-state index is 10.4. The van der Waals surface area contributed by atoms with Gasteiger partial charge in [0.25, 0.3) is 0 Å². The van der Waals surface area contributed by atoms with Crippen molar-refractivity contribution in [2.75, 3.05) is 6.61 Å². The molecule has 110 valence electrons. The Hall–Kier alpha value is -1.06. The van der Waals surface area contributed by atoms with Crippen molar-refractivity contribution in [1.82, 2.24) is 0 Å². The van der Waals surface area contributed by atoms with Crippen molar-refractivity contribution in [2.45, 2.75) is 63.1 Å². The van der Waals surface area contributed by atoms with E-state index in [9.17, 15) is 10.2 Å². The second-order valence-corrected chi connectivity index (χ2v) is 6.34. The molecule has 0 saturated heterocycles. The molecular weight excluding hydrogens is 252 g/mol. The number of aliphatic hydroxyl groups is 2. The second kappa shape index (κ2) is 5.74. The first-order valence-corrected chi connectivity index (χ1v) is 7.82. The Labute approximate surface area is 120 Å². The molecule has 0 heterocycles. The molecule has 2 aliphatic carbocycles. The van der Waals surface area contributed by atoms with E-state index in [2.05, 4.69) is 6.07 Å². The van der Waals surface area contributed by atoms with Crippen molar-refractivity contribution in [2.24, 2.45) is 0 Å². The largest absolute Gasteiger partial charge is 0.491 e. The van der Waals surface area contributed by atoms with Gasteiger partial charge in [-0.05, 0) is 55.4 Å². The fourth-order valence-corrected chi connectivity index (χ4v) is 3.41. The molecule has 1 aromatic carbocycles. The van der Waals surface area contributed by atoms with Crippen molar-refractivity contribution < 1.29 is 14.9 Å². The van der Waals surface area contributed by atoms with E-state index >= 15 is 0 Å². The summed E-state index contributed by atoms with van der Waals surface area (Å²) >= 11 is 0. The van der Waals surface area contributed by atoms with Gasteiger partial charge in [0.2, 0.25) is 0 Å². The Morgan fingerprint density at radius 2 is 1.95 bits per heavy atom. The monoisotopic (exact) mass is 276 g/mol. The summed E-state index contributed by atoms with van der Waals surface area (Å²) in [6.45, 7) is 0.363. The number of ether oxygens (including phenoxy) is 1. The quantitative estimate of drug-likeness (QED) is 0.891. The Morgan fingerprint density at radius 1 is 1.15 bits per heavy atom. The highest BCUT2D eigenvalue weighted by Crippen LogP contribution is 2.33. The smallest absolute Gasteiger partial charge is 0.119 e. The molecule has 0 radical (unpaired) electrons. The van der Waals surface area contributed by atoms with E-state index in [1.165, 1.54) is 12.0 Å². The zero-order valence-electron chi connectivity index (χ0n) is 12.0. The second-order valence-electron chi connectivity index (χ2n) is 6.34. The van der Waals surface area contributed by atoms with Gasteiger partial charge in [-0.2, -0.15) is 0 Å². The molecular formula is C17H24O3. The number of hydrogen-bond acceptors (Lipinski definition) is 3. The molecule has 20 heavy (non-hydrogen) atoms. The van der Waals surface area contributed by atoms with Crippen LogP contribution in [-0.4, -0.2) is 22.4 Å². The SMILES string of the molecule is O[C@@H]1CCCc2ccc(OCC3(O)CCCCC3)cc21. The summed E-state index contributed by atoms with van der Waals surface area (Å²) in [6.07, 6.45) is 7.62. The van der Waals surface area contributed by atoms with Crippen LogP contribution in [0.1, 0.15) is 62.2 Å². The summed E-state index contributed by atoms with van der Waals surface area (Å²) < 4.78 is 5.80. The highest BCUT2D eigenvalue weighted by Gasteiger charge is 2.30. The van der Waals surface area contributed by atoms with Gasteiger partial charge in [-0.3, -0.25) is 0 Å². The summed E-state index contributed by atoms with van der Waals surface area (Å²) in [5.74, 6) is 0.767. The first-order valence-electron chi connectivity index (χ1n) is 7.82. The van der Waals surface area contributed by atoms with E-state index in [1.54, 1.807) is 0 Å². The van der Waals surface area contributed by atoms with Crippen LogP contribution in [0.3, 0.4) is 0 Å². The lowest BCUT2D eigenvalue weighted by molar-refractivity contribution is -0.0339. The molecule has 3 rings (SSSR count). The topological polar surface area (TPSA) is 49.7 Å². The fraction of sp³-hybridized carbons (Fsp3) is 0.647. The molecule has 2 N–H and O–H groups in total. The maximum Gasteiger partial charge on any atom is 0.119 e. The van der Waals surface area contributed by atoms with E-state index in [0.717, 1.165) is 56.3 Å². The summed E-state index contributed by atoms with van der Waals surface area (Å²) in [4.78, 5) is 0. The van der Waals surface area contributed by atoms with Crippen LogP contribution in [0, 0.1) is 0 Å². The first-order chi connectivity index (χ1) is 9.66. The van der Waals surface area contributed by atoms with Crippen LogP contribution in [0.4, 0.5) is 0 Å². The average Bonchev–Trinajstić information content (AvgIpc) is 2.47. The molecule has 0 amide bonds. The van der Waals surface area contributed by atoms with Gasteiger partial charge in [-0.1, -0.05) is 25.3 Å². The number of rotatable bonds is 3. The van der Waals surface area contributed by atoms with E-state index in [4.69, 9.17) is 4.74 Å². The van der Waals surface area contributed by atoms with Gasteiger partial charge in [0.1, 0.15) is 12.4 Å². The molecule has 0 aromatic heterocycles. The molecule has 0 aliphatic heterocycles. The van der Waals surface area contributed by atoms with Crippen LogP contribution in [-0.2, 0) is 6.42 Å². The van der Waals surface area contributed by atoms with Crippen molar-refractivity contribution in [3.63, 3.8) is 0 Å². The van der Waals surface area contributed by atoms with Gasteiger partial charge < -0.3 is 14.9 Å². The third kappa shape index (κ3) is 2.99. The molecule has 0 spiro atoms. The van der Waals surface area contributed by atoms with E-state index in [-0.39, 0.29) is 6.10 Å². The van der Waals surface area contributed by atoms with Gasteiger partial charge in [-0.15, -0.1) is 0 Å². The highest BCUT2D eigenvalue weighted by atomic mass is 16.5. The Morgan fingerprint density at radius 3 is 2.75 bits per heavy atom. The van der Waals surface area contributed by atoms with Crippen LogP contribution < -0.4 is 4.74 Å². The molecule has 3 heteroatoms. The minimum atomic E-state index is -0.660. The zero-order chi connectivity index (χ0) is 14.0. The van der Waals surface area contributed by atoms with Crippen LogP contribution in [0.25, 0.3) is 0 Å². The minimum absolute atomic E-state index is 0.361. The molecule has 0 unspecified atom stereocenters. The maximum atomic E-state index is 10.4. The Balaban J connectivity index is 1.67. The molecule has 2 aliphatic rings. The summed E-state index contributed by atoms with van der Waals surface area (Å²) in [7, 11) is 0. The van der Waals surface area contributed by atoms with Crippen molar-refractivity contribution in [3.8, 4) is 5.75 Å². The molecule has 3 nitrogen and oxygen atoms in total. The van der Waals surface area contributed by atoms with Gasteiger partial charge in [-0.25, -0.2) is 0 Å². The van der Waals surface area contributed by atoms with Crippen LogP contribution >= 0.6 is 0 Å². The lowest BCUT2D eigenvalue weighted by Crippen LogP contribution is -2.37. The van der Waals surface area contributed by atoms with Crippen molar-refractivity contribution in [3.05, 3.63) is 29.3 Å².